The molecule has 1 aliphatic rings. The minimum Gasteiger partial charge on any atom is -0.545 e. The summed E-state index contributed by atoms with van der Waals surface area (Å²) in [6.07, 6.45) is 1.04. The highest BCUT2D eigenvalue weighted by molar-refractivity contribution is 6.23. The van der Waals surface area contributed by atoms with Crippen LogP contribution in [0.1, 0.15) is 12.0 Å². The lowest BCUT2D eigenvalue weighted by Gasteiger charge is -2.27. The molecule has 31 heavy (non-hydrogen) atoms. The van der Waals surface area contributed by atoms with Crippen molar-refractivity contribution in [3.63, 3.8) is 0 Å². The molecule has 2 aromatic carbocycles. The Morgan fingerprint density at radius 1 is 1.13 bits per heavy atom. The minimum absolute atomic E-state index is 0.0544. The summed E-state index contributed by atoms with van der Waals surface area (Å²) in [5.74, 6) is -3.50. The second-order valence-corrected chi connectivity index (χ2v) is 6.73. The summed E-state index contributed by atoms with van der Waals surface area (Å²) in [6, 6.07) is 10.4. The van der Waals surface area contributed by atoms with E-state index in [1.54, 1.807) is 24.3 Å². The first kappa shape index (κ1) is 21.7. The fraction of sp³-hybridized carbons (Fsp3) is 0.182. The number of methoxy groups -OCH3 is 1. The molecule has 0 aromatic heterocycles. The average molecular weight is 425 g/mol. The molecule has 0 N–H and O–H groups in total. The molecule has 0 unspecified atom stereocenters. The quantitative estimate of drug-likeness (QED) is 0.480. The number of ether oxygens (including phenoxy) is 1. The van der Waals surface area contributed by atoms with Crippen molar-refractivity contribution in [2.24, 2.45) is 0 Å². The number of carboxylic acids is 1. The van der Waals surface area contributed by atoms with E-state index in [0.29, 0.717) is 17.4 Å². The van der Waals surface area contributed by atoms with Gasteiger partial charge in [0, 0.05) is 12.6 Å². The van der Waals surface area contributed by atoms with Crippen molar-refractivity contribution >= 4 is 29.4 Å². The van der Waals surface area contributed by atoms with E-state index in [1.807, 2.05) is 0 Å². The molecule has 0 radical (unpaired) electrons. The molecule has 3 rings (SSSR count). The smallest absolute Gasteiger partial charge is 0.257 e. The van der Waals surface area contributed by atoms with Crippen LogP contribution in [0.4, 0.5) is 10.1 Å². The van der Waals surface area contributed by atoms with Gasteiger partial charge in [0.1, 0.15) is 17.6 Å². The lowest BCUT2D eigenvalue weighted by molar-refractivity contribution is -0.297. The summed E-state index contributed by atoms with van der Waals surface area (Å²) in [4.78, 5) is 51.0. The Kier molecular flexibility index (Phi) is 6.44. The molecule has 3 amide bonds. The second-order valence-electron chi connectivity index (χ2n) is 6.73. The first-order valence-electron chi connectivity index (χ1n) is 9.25. The number of carbonyl (C=O) groups is 4. The van der Waals surface area contributed by atoms with Gasteiger partial charge in [0.25, 0.3) is 5.91 Å². The van der Waals surface area contributed by atoms with E-state index >= 15 is 0 Å². The summed E-state index contributed by atoms with van der Waals surface area (Å²) in [5.41, 5.74) is 0.817. The molecule has 0 saturated carbocycles. The summed E-state index contributed by atoms with van der Waals surface area (Å²) in [5, 5.41) is 10.7. The van der Waals surface area contributed by atoms with Crippen molar-refractivity contribution in [1.29, 1.82) is 0 Å². The SMILES string of the molecule is COc1ccc(CN(C(=O)/C=C/C(=O)[O-])[C@H]2CC(=O)N(c3ccc(F)cc3)C2=O)cc1. The molecule has 160 valence electrons. The maximum atomic E-state index is 13.2. The Balaban J connectivity index is 1.91. The molecular weight excluding hydrogens is 407 g/mol. The van der Waals surface area contributed by atoms with E-state index in [4.69, 9.17) is 4.74 Å². The maximum Gasteiger partial charge on any atom is 0.257 e. The van der Waals surface area contributed by atoms with Crippen molar-refractivity contribution < 1.29 is 33.4 Å². The molecule has 1 fully saturated rings. The topological polar surface area (TPSA) is 107 Å². The largest absolute Gasteiger partial charge is 0.545 e. The van der Waals surface area contributed by atoms with Gasteiger partial charge in [-0.3, -0.25) is 14.4 Å². The second kappa shape index (κ2) is 9.21. The van der Waals surface area contributed by atoms with Gasteiger partial charge in [0.05, 0.1) is 25.2 Å². The van der Waals surface area contributed by atoms with E-state index < -0.39 is 35.5 Å². The molecule has 1 aliphatic heterocycles. The Morgan fingerprint density at radius 3 is 2.35 bits per heavy atom. The van der Waals surface area contributed by atoms with Gasteiger partial charge in [-0.25, -0.2) is 9.29 Å². The summed E-state index contributed by atoms with van der Waals surface area (Å²) < 4.78 is 18.3. The Bertz CT molecular complexity index is 1030. The molecule has 1 heterocycles. The lowest BCUT2D eigenvalue weighted by atomic mass is 10.1. The predicted octanol–water partition coefficient (Wildman–Crippen LogP) is 0.801. The van der Waals surface area contributed by atoms with Crippen LogP contribution in [-0.4, -0.2) is 41.7 Å². The number of halogens is 1. The van der Waals surface area contributed by atoms with E-state index in [0.717, 1.165) is 28.0 Å². The van der Waals surface area contributed by atoms with E-state index in [2.05, 4.69) is 0 Å². The molecular formula is C22H18FN2O6-. The number of benzene rings is 2. The molecule has 0 aliphatic carbocycles. The number of hydrogen-bond donors (Lipinski definition) is 0. The number of carboxylic acid groups (broad SMARTS) is 1. The number of aliphatic carboxylic acids is 1. The highest BCUT2D eigenvalue weighted by Crippen LogP contribution is 2.27. The Morgan fingerprint density at radius 2 is 1.77 bits per heavy atom. The summed E-state index contributed by atoms with van der Waals surface area (Å²) >= 11 is 0. The first-order valence-corrected chi connectivity index (χ1v) is 9.25. The van der Waals surface area contributed by atoms with Gasteiger partial charge in [-0.2, -0.15) is 0 Å². The van der Waals surface area contributed by atoms with E-state index in [-0.39, 0.29) is 18.7 Å². The number of nitrogens with zero attached hydrogens (tertiary/aromatic N) is 2. The monoisotopic (exact) mass is 425 g/mol. The number of anilines is 1. The maximum absolute atomic E-state index is 13.2. The Hall–Kier alpha value is -4.01. The van der Waals surface area contributed by atoms with Crippen molar-refractivity contribution in [3.8, 4) is 5.75 Å². The zero-order valence-corrected chi connectivity index (χ0v) is 16.5. The molecule has 8 nitrogen and oxygen atoms in total. The van der Waals surface area contributed by atoms with Crippen LogP contribution in [-0.2, 0) is 25.7 Å². The van der Waals surface area contributed by atoms with Crippen LogP contribution in [0.5, 0.6) is 5.75 Å². The van der Waals surface area contributed by atoms with E-state index in [9.17, 15) is 28.7 Å². The average Bonchev–Trinajstić information content (AvgIpc) is 3.05. The van der Waals surface area contributed by atoms with Crippen LogP contribution in [0, 0.1) is 5.82 Å². The van der Waals surface area contributed by atoms with Crippen LogP contribution >= 0.6 is 0 Å². The Labute approximate surface area is 177 Å². The standard InChI is InChI=1S/C22H19FN2O6/c1-31-17-8-2-14(3-9-17)13-24(19(26)10-11-21(28)29)18-12-20(27)25(22(18)30)16-6-4-15(23)5-7-16/h2-11,18H,12-13H2,1H3,(H,28,29)/p-1/b11-10+/t18-/m0/s1. The number of imide groups is 1. The number of carbonyl (C=O) groups excluding carboxylic acids is 4. The van der Waals surface area contributed by atoms with Gasteiger partial charge in [-0.05, 0) is 48.0 Å². The van der Waals surface area contributed by atoms with Crippen molar-refractivity contribution in [3.05, 3.63) is 72.1 Å². The number of hydrogen-bond acceptors (Lipinski definition) is 6. The van der Waals surface area contributed by atoms with Crippen LogP contribution in [0.15, 0.2) is 60.7 Å². The molecule has 0 bridgehead atoms. The number of amides is 3. The lowest BCUT2D eigenvalue weighted by Crippen LogP contribution is -2.44. The van der Waals surface area contributed by atoms with Gasteiger partial charge in [-0.15, -0.1) is 0 Å². The third-order valence-corrected chi connectivity index (χ3v) is 4.74. The fourth-order valence-corrected chi connectivity index (χ4v) is 3.23. The van der Waals surface area contributed by atoms with Crippen molar-refractivity contribution in [2.75, 3.05) is 12.0 Å². The minimum atomic E-state index is -1.57. The molecule has 1 saturated heterocycles. The number of rotatable bonds is 7. The van der Waals surface area contributed by atoms with Crippen molar-refractivity contribution in [2.45, 2.75) is 19.0 Å². The summed E-state index contributed by atoms with van der Waals surface area (Å²) in [6.45, 7) is -0.0544. The third kappa shape index (κ3) is 4.95. The van der Waals surface area contributed by atoms with Crippen LogP contribution < -0.4 is 14.7 Å². The normalized spacial score (nSPS) is 16.1. The van der Waals surface area contributed by atoms with Gasteiger partial charge in [-0.1, -0.05) is 12.1 Å². The van der Waals surface area contributed by atoms with Crippen LogP contribution in [0.3, 0.4) is 0 Å². The van der Waals surface area contributed by atoms with Gasteiger partial charge < -0.3 is 19.5 Å². The summed E-state index contributed by atoms with van der Waals surface area (Å²) in [7, 11) is 1.50. The highest BCUT2D eigenvalue weighted by atomic mass is 19.1. The fourth-order valence-electron chi connectivity index (χ4n) is 3.23. The van der Waals surface area contributed by atoms with Crippen LogP contribution in [0.25, 0.3) is 0 Å². The van der Waals surface area contributed by atoms with Gasteiger partial charge >= 0.3 is 0 Å². The molecule has 9 heteroatoms. The van der Waals surface area contributed by atoms with Crippen LogP contribution in [0.2, 0.25) is 0 Å². The third-order valence-electron chi connectivity index (χ3n) is 4.74. The van der Waals surface area contributed by atoms with Gasteiger partial charge in [0.15, 0.2) is 0 Å². The van der Waals surface area contributed by atoms with Crippen molar-refractivity contribution in [1.82, 2.24) is 4.90 Å². The molecule has 1 atom stereocenters. The molecule has 0 spiro atoms. The highest BCUT2D eigenvalue weighted by Gasteiger charge is 2.44. The van der Waals surface area contributed by atoms with Gasteiger partial charge in [0.2, 0.25) is 11.8 Å². The molecule has 2 aromatic rings. The first-order chi connectivity index (χ1) is 14.8. The zero-order chi connectivity index (χ0) is 22.5. The zero-order valence-electron chi connectivity index (χ0n) is 16.5. The predicted molar refractivity (Wildman–Crippen MR) is 105 cm³/mol. The van der Waals surface area contributed by atoms with E-state index in [1.165, 1.54) is 19.2 Å².